The van der Waals surface area contributed by atoms with Gasteiger partial charge < -0.3 is 5.32 Å². The molecule has 0 amide bonds. The zero-order valence-electron chi connectivity index (χ0n) is 13.6. The molecule has 0 radical (unpaired) electrons. The van der Waals surface area contributed by atoms with Crippen LogP contribution in [0.4, 0.5) is 0 Å². The topological polar surface area (TPSA) is 46.2 Å². The van der Waals surface area contributed by atoms with Gasteiger partial charge in [0.05, 0.1) is 5.75 Å². The summed E-state index contributed by atoms with van der Waals surface area (Å²) in [5.41, 5.74) is 0.222. The predicted octanol–water partition coefficient (Wildman–Crippen LogP) is 3.40. The minimum absolute atomic E-state index is 0.222. The summed E-state index contributed by atoms with van der Waals surface area (Å²) in [6, 6.07) is 0. The first-order valence-electron chi connectivity index (χ1n) is 8.32. The Balaban J connectivity index is 2.53. The number of unbranched alkanes of at least 4 members (excludes halogenated alkanes) is 1. The smallest absolute Gasteiger partial charge is 0.150 e. The first-order chi connectivity index (χ1) is 9.47. The summed E-state index contributed by atoms with van der Waals surface area (Å²) in [5, 5.41) is 3.30. The van der Waals surface area contributed by atoms with Crippen molar-refractivity contribution in [1.29, 1.82) is 0 Å². The number of hydrogen-bond acceptors (Lipinski definition) is 3. The standard InChI is InChI=1S/C16H33NO2S/c1-4-6-7-15-8-10-16(11-9-15,14-17-3)12-13-20(18,19)5-2/h15,17H,4-14H2,1-3H3. The molecule has 1 saturated carbocycles. The van der Waals surface area contributed by atoms with Crippen LogP contribution >= 0.6 is 0 Å². The van der Waals surface area contributed by atoms with Crippen LogP contribution < -0.4 is 5.32 Å². The highest BCUT2D eigenvalue weighted by Crippen LogP contribution is 2.42. The van der Waals surface area contributed by atoms with E-state index in [0.29, 0.717) is 5.75 Å². The molecular weight excluding hydrogens is 270 g/mol. The van der Waals surface area contributed by atoms with Gasteiger partial charge in [0.15, 0.2) is 0 Å². The fourth-order valence-corrected chi connectivity index (χ4v) is 4.51. The van der Waals surface area contributed by atoms with Gasteiger partial charge in [-0.15, -0.1) is 0 Å². The third kappa shape index (κ3) is 5.72. The van der Waals surface area contributed by atoms with E-state index in [4.69, 9.17) is 0 Å². The molecule has 1 rings (SSSR count). The predicted molar refractivity (Wildman–Crippen MR) is 86.8 cm³/mol. The quantitative estimate of drug-likeness (QED) is 0.710. The third-order valence-corrected chi connectivity index (χ3v) is 6.77. The van der Waals surface area contributed by atoms with Gasteiger partial charge in [-0.25, -0.2) is 8.42 Å². The molecule has 1 fully saturated rings. The first-order valence-corrected chi connectivity index (χ1v) is 10.1. The molecule has 1 aliphatic carbocycles. The Morgan fingerprint density at radius 2 is 1.85 bits per heavy atom. The molecule has 0 aromatic carbocycles. The molecule has 3 nitrogen and oxygen atoms in total. The van der Waals surface area contributed by atoms with Crippen molar-refractivity contribution < 1.29 is 8.42 Å². The van der Waals surface area contributed by atoms with Crippen molar-refractivity contribution in [1.82, 2.24) is 5.32 Å². The molecule has 0 aromatic heterocycles. The van der Waals surface area contributed by atoms with E-state index < -0.39 is 9.84 Å². The zero-order valence-corrected chi connectivity index (χ0v) is 14.4. The van der Waals surface area contributed by atoms with Gasteiger partial charge in [0.2, 0.25) is 0 Å². The number of nitrogens with one attached hydrogen (secondary N) is 1. The maximum absolute atomic E-state index is 11.8. The van der Waals surface area contributed by atoms with Gasteiger partial charge in [-0.05, 0) is 50.5 Å². The minimum atomic E-state index is -2.83. The molecular formula is C16H33NO2S. The lowest BCUT2D eigenvalue weighted by Gasteiger charge is -2.40. The van der Waals surface area contributed by atoms with Crippen molar-refractivity contribution in [2.45, 2.75) is 65.2 Å². The van der Waals surface area contributed by atoms with Crippen molar-refractivity contribution in [3.8, 4) is 0 Å². The Kier molecular flexibility index (Phi) is 7.52. The van der Waals surface area contributed by atoms with Crippen LogP contribution in [0.1, 0.15) is 65.2 Å². The van der Waals surface area contributed by atoms with Gasteiger partial charge in [-0.2, -0.15) is 0 Å². The average molecular weight is 304 g/mol. The van der Waals surface area contributed by atoms with Crippen LogP contribution in [-0.2, 0) is 9.84 Å². The average Bonchev–Trinajstić information content (AvgIpc) is 2.45. The van der Waals surface area contributed by atoms with Crippen molar-refractivity contribution in [2.24, 2.45) is 11.3 Å². The van der Waals surface area contributed by atoms with Crippen molar-refractivity contribution in [3.63, 3.8) is 0 Å². The second kappa shape index (κ2) is 8.38. The van der Waals surface area contributed by atoms with E-state index in [0.717, 1.165) is 18.9 Å². The van der Waals surface area contributed by atoms with E-state index in [9.17, 15) is 8.42 Å². The highest BCUT2D eigenvalue weighted by molar-refractivity contribution is 7.91. The summed E-state index contributed by atoms with van der Waals surface area (Å²) in [4.78, 5) is 0. The van der Waals surface area contributed by atoms with E-state index in [1.807, 2.05) is 7.05 Å². The van der Waals surface area contributed by atoms with Crippen LogP contribution in [0.2, 0.25) is 0 Å². The molecule has 0 atom stereocenters. The van der Waals surface area contributed by atoms with E-state index >= 15 is 0 Å². The van der Waals surface area contributed by atoms with E-state index in [1.54, 1.807) is 6.92 Å². The Bertz CT molecular complexity index is 357. The monoisotopic (exact) mass is 303 g/mol. The Hall–Kier alpha value is -0.0900. The maximum Gasteiger partial charge on any atom is 0.150 e. The maximum atomic E-state index is 11.8. The van der Waals surface area contributed by atoms with Crippen LogP contribution in [0.25, 0.3) is 0 Å². The summed E-state index contributed by atoms with van der Waals surface area (Å²) < 4.78 is 23.5. The van der Waals surface area contributed by atoms with Crippen LogP contribution in [0.15, 0.2) is 0 Å². The summed E-state index contributed by atoms with van der Waals surface area (Å²) >= 11 is 0. The number of rotatable bonds is 9. The lowest BCUT2D eigenvalue weighted by atomic mass is 9.68. The molecule has 1 N–H and O–H groups in total. The summed E-state index contributed by atoms with van der Waals surface area (Å²) in [5.74, 6) is 1.52. The molecule has 0 heterocycles. The lowest BCUT2D eigenvalue weighted by Crippen LogP contribution is -2.38. The molecule has 4 heteroatoms. The molecule has 0 spiro atoms. The fourth-order valence-electron chi connectivity index (χ4n) is 3.48. The van der Waals surface area contributed by atoms with Gasteiger partial charge >= 0.3 is 0 Å². The molecule has 0 unspecified atom stereocenters. The highest BCUT2D eigenvalue weighted by Gasteiger charge is 2.35. The first kappa shape index (κ1) is 18.0. The van der Waals surface area contributed by atoms with E-state index in [2.05, 4.69) is 12.2 Å². The zero-order chi connectivity index (χ0) is 15.1. The molecule has 20 heavy (non-hydrogen) atoms. The van der Waals surface area contributed by atoms with E-state index in [1.165, 1.54) is 44.9 Å². The number of sulfone groups is 1. The third-order valence-electron chi connectivity index (χ3n) is 5.07. The van der Waals surface area contributed by atoms with Gasteiger partial charge in [0.25, 0.3) is 0 Å². The summed E-state index contributed by atoms with van der Waals surface area (Å²) in [6.45, 7) is 4.97. The van der Waals surface area contributed by atoms with Crippen LogP contribution in [0, 0.1) is 11.3 Å². The second-order valence-corrected chi connectivity index (χ2v) is 9.08. The molecule has 0 bridgehead atoms. The van der Waals surface area contributed by atoms with Gasteiger partial charge in [-0.3, -0.25) is 0 Å². The Morgan fingerprint density at radius 1 is 1.20 bits per heavy atom. The van der Waals surface area contributed by atoms with E-state index in [-0.39, 0.29) is 11.2 Å². The molecule has 1 aliphatic rings. The second-order valence-electron chi connectivity index (χ2n) is 6.60. The Labute approximate surface area is 125 Å². The van der Waals surface area contributed by atoms with Crippen LogP contribution in [-0.4, -0.2) is 33.5 Å². The van der Waals surface area contributed by atoms with Crippen LogP contribution in [0.5, 0.6) is 0 Å². The van der Waals surface area contributed by atoms with Crippen molar-refractivity contribution in [3.05, 3.63) is 0 Å². The van der Waals surface area contributed by atoms with Gasteiger partial charge in [-0.1, -0.05) is 33.1 Å². The molecule has 0 aliphatic heterocycles. The lowest BCUT2D eigenvalue weighted by molar-refractivity contribution is 0.137. The van der Waals surface area contributed by atoms with Crippen LogP contribution in [0.3, 0.4) is 0 Å². The fraction of sp³-hybridized carbons (Fsp3) is 1.00. The summed E-state index contributed by atoms with van der Waals surface area (Å²) in [7, 11) is -0.845. The highest BCUT2D eigenvalue weighted by atomic mass is 32.2. The van der Waals surface area contributed by atoms with Crippen molar-refractivity contribution >= 4 is 9.84 Å². The molecule has 0 aromatic rings. The largest absolute Gasteiger partial charge is 0.319 e. The molecule has 120 valence electrons. The Morgan fingerprint density at radius 3 is 2.35 bits per heavy atom. The molecule has 0 saturated heterocycles. The minimum Gasteiger partial charge on any atom is -0.319 e. The normalized spacial score (nSPS) is 27.6. The SMILES string of the molecule is CCCCC1CCC(CCS(=O)(=O)CC)(CNC)CC1. The van der Waals surface area contributed by atoms with Crippen molar-refractivity contribution in [2.75, 3.05) is 25.1 Å². The summed E-state index contributed by atoms with van der Waals surface area (Å²) in [6.07, 6.45) is 9.79. The van der Waals surface area contributed by atoms with Gasteiger partial charge in [0, 0.05) is 12.3 Å². The van der Waals surface area contributed by atoms with Gasteiger partial charge in [0.1, 0.15) is 9.84 Å². The number of hydrogen-bond donors (Lipinski definition) is 1.